The number of carbonyl (C=O) groups excluding carboxylic acids is 1. The second-order valence-electron chi connectivity index (χ2n) is 5.34. The Kier molecular flexibility index (Phi) is 6.46. The third-order valence-electron chi connectivity index (χ3n) is 3.48. The normalized spacial score (nSPS) is 10.9. The molecule has 0 saturated heterocycles. The number of carbonyl (C=O) groups is 1. The lowest BCUT2D eigenvalue weighted by atomic mass is 10.2. The van der Waals surface area contributed by atoms with E-state index in [0.717, 1.165) is 6.42 Å². The summed E-state index contributed by atoms with van der Waals surface area (Å²) >= 11 is 0. The number of ether oxygens (including phenoxy) is 3. The maximum Gasteiger partial charge on any atom is 0.338 e. The van der Waals surface area contributed by atoms with Crippen LogP contribution in [0.2, 0.25) is 0 Å². The predicted molar refractivity (Wildman–Crippen MR) is 97.4 cm³/mol. The van der Waals surface area contributed by atoms with Crippen LogP contribution in [-0.2, 0) is 14.8 Å². The van der Waals surface area contributed by atoms with Crippen molar-refractivity contribution in [2.24, 2.45) is 0 Å². The molecule has 0 aliphatic rings. The molecule has 0 unspecified atom stereocenters. The maximum atomic E-state index is 12.5. The predicted octanol–water partition coefficient (Wildman–Crippen LogP) is 3.07. The fourth-order valence-electron chi connectivity index (χ4n) is 2.15. The summed E-state index contributed by atoms with van der Waals surface area (Å²) in [5.41, 5.74) is 0.680. The van der Waals surface area contributed by atoms with Crippen LogP contribution in [0.3, 0.4) is 0 Å². The van der Waals surface area contributed by atoms with Crippen LogP contribution in [0.1, 0.15) is 23.7 Å². The van der Waals surface area contributed by atoms with Gasteiger partial charge in [0.2, 0.25) is 0 Å². The number of nitrogens with one attached hydrogen (secondary N) is 1. The molecule has 26 heavy (non-hydrogen) atoms. The standard InChI is InChI=1S/C18H21NO6S/c1-4-11-25-18(20)13-5-7-14(8-6-13)19-26(21,22)15-9-10-16(23-2)17(12-15)24-3/h5-10,12,19H,4,11H2,1-3H3. The van der Waals surface area contributed by atoms with E-state index in [4.69, 9.17) is 14.2 Å². The third kappa shape index (κ3) is 4.66. The van der Waals surface area contributed by atoms with Crippen LogP contribution in [0, 0.1) is 0 Å². The Morgan fingerprint density at radius 2 is 1.65 bits per heavy atom. The van der Waals surface area contributed by atoms with Crippen molar-refractivity contribution in [1.29, 1.82) is 0 Å². The fourth-order valence-corrected chi connectivity index (χ4v) is 3.22. The van der Waals surface area contributed by atoms with E-state index in [-0.39, 0.29) is 4.90 Å². The topological polar surface area (TPSA) is 90.9 Å². The Morgan fingerprint density at radius 1 is 1.00 bits per heavy atom. The molecule has 0 radical (unpaired) electrons. The minimum atomic E-state index is -3.82. The Labute approximate surface area is 152 Å². The quantitative estimate of drug-likeness (QED) is 0.709. The molecule has 0 saturated carbocycles. The van der Waals surface area contributed by atoms with Crippen molar-refractivity contribution in [3.63, 3.8) is 0 Å². The second kappa shape index (κ2) is 8.57. The Hall–Kier alpha value is -2.74. The molecule has 140 valence electrons. The zero-order valence-electron chi connectivity index (χ0n) is 14.8. The first-order valence-electron chi connectivity index (χ1n) is 7.93. The van der Waals surface area contributed by atoms with Gasteiger partial charge < -0.3 is 14.2 Å². The maximum absolute atomic E-state index is 12.5. The van der Waals surface area contributed by atoms with Gasteiger partial charge in [-0.1, -0.05) is 6.92 Å². The molecule has 0 aliphatic heterocycles. The monoisotopic (exact) mass is 379 g/mol. The van der Waals surface area contributed by atoms with Gasteiger partial charge in [-0.05, 0) is 42.8 Å². The van der Waals surface area contributed by atoms with Crippen LogP contribution < -0.4 is 14.2 Å². The van der Waals surface area contributed by atoms with Crippen molar-refractivity contribution in [3.8, 4) is 11.5 Å². The van der Waals surface area contributed by atoms with E-state index < -0.39 is 16.0 Å². The fraction of sp³-hybridized carbons (Fsp3) is 0.278. The van der Waals surface area contributed by atoms with Crippen molar-refractivity contribution in [1.82, 2.24) is 0 Å². The summed E-state index contributed by atoms with van der Waals surface area (Å²) in [7, 11) is -0.922. The Balaban J connectivity index is 2.18. The van der Waals surface area contributed by atoms with Gasteiger partial charge in [-0.15, -0.1) is 0 Å². The van der Waals surface area contributed by atoms with Crippen LogP contribution in [-0.4, -0.2) is 35.2 Å². The van der Waals surface area contributed by atoms with Gasteiger partial charge in [0.15, 0.2) is 11.5 Å². The molecule has 0 aliphatic carbocycles. The van der Waals surface area contributed by atoms with Gasteiger partial charge in [0.1, 0.15) is 0 Å². The summed E-state index contributed by atoms with van der Waals surface area (Å²) in [6.07, 6.45) is 0.731. The van der Waals surface area contributed by atoms with Crippen molar-refractivity contribution in [2.45, 2.75) is 18.2 Å². The number of rotatable bonds is 8. The highest BCUT2D eigenvalue weighted by molar-refractivity contribution is 7.92. The van der Waals surface area contributed by atoms with Crippen LogP contribution in [0.4, 0.5) is 5.69 Å². The molecule has 0 bridgehead atoms. The van der Waals surface area contributed by atoms with Gasteiger partial charge in [0, 0.05) is 11.8 Å². The van der Waals surface area contributed by atoms with Crippen molar-refractivity contribution in [2.75, 3.05) is 25.5 Å². The van der Waals surface area contributed by atoms with Crippen molar-refractivity contribution < 1.29 is 27.4 Å². The van der Waals surface area contributed by atoms with Gasteiger partial charge in [-0.3, -0.25) is 4.72 Å². The molecule has 0 amide bonds. The zero-order chi connectivity index (χ0) is 19.2. The van der Waals surface area contributed by atoms with Gasteiger partial charge >= 0.3 is 5.97 Å². The molecular weight excluding hydrogens is 358 g/mol. The summed E-state index contributed by atoms with van der Waals surface area (Å²) in [6.45, 7) is 2.24. The highest BCUT2D eigenvalue weighted by Gasteiger charge is 2.17. The number of anilines is 1. The number of methoxy groups -OCH3 is 2. The van der Waals surface area contributed by atoms with E-state index >= 15 is 0 Å². The van der Waals surface area contributed by atoms with Gasteiger partial charge in [-0.2, -0.15) is 0 Å². The van der Waals surface area contributed by atoms with E-state index in [9.17, 15) is 13.2 Å². The number of benzene rings is 2. The molecule has 0 aromatic heterocycles. The highest BCUT2D eigenvalue weighted by Crippen LogP contribution is 2.30. The second-order valence-corrected chi connectivity index (χ2v) is 7.02. The minimum Gasteiger partial charge on any atom is -0.493 e. The lowest BCUT2D eigenvalue weighted by Crippen LogP contribution is -2.13. The van der Waals surface area contributed by atoms with Crippen molar-refractivity contribution >= 4 is 21.7 Å². The molecule has 8 heteroatoms. The smallest absolute Gasteiger partial charge is 0.338 e. The summed E-state index contributed by atoms with van der Waals surface area (Å²) < 4.78 is 42.8. The molecular formula is C18H21NO6S. The first-order chi connectivity index (χ1) is 12.4. The number of hydrogen-bond acceptors (Lipinski definition) is 6. The molecule has 7 nitrogen and oxygen atoms in total. The van der Waals surface area contributed by atoms with E-state index in [0.29, 0.717) is 29.4 Å². The molecule has 0 heterocycles. The van der Waals surface area contributed by atoms with Gasteiger partial charge in [0.25, 0.3) is 10.0 Å². The summed E-state index contributed by atoms with van der Waals surface area (Å²) in [6, 6.07) is 10.3. The highest BCUT2D eigenvalue weighted by atomic mass is 32.2. The summed E-state index contributed by atoms with van der Waals surface area (Å²) in [5.74, 6) is 0.298. The molecule has 0 spiro atoms. The van der Waals surface area contributed by atoms with E-state index in [1.54, 1.807) is 0 Å². The molecule has 1 N–H and O–H groups in total. The van der Waals surface area contributed by atoms with Crippen LogP contribution >= 0.6 is 0 Å². The van der Waals surface area contributed by atoms with E-state index in [1.807, 2.05) is 6.92 Å². The van der Waals surface area contributed by atoms with E-state index in [2.05, 4.69) is 4.72 Å². The van der Waals surface area contributed by atoms with Crippen molar-refractivity contribution in [3.05, 3.63) is 48.0 Å². The van der Waals surface area contributed by atoms with Crippen LogP contribution in [0.15, 0.2) is 47.4 Å². The molecule has 2 aromatic carbocycles. The first kappa shape index (κ1) is 19.6. The number of sulfonamides is 1. The Morgan fingerprint density at radius 3 is 2.23 bits per heavy atom. The number of hydrogen-bond donors (Lipinski definition) is 1. The molecule has 0 atom stereocenters. The number of esters is 1. The van der Waals surface area contributed by atoms with Crippen LogP contribution in [0.5, 0.6) is 11.5 Å². The third-order valence-corrected chi connectivity index (χ3v) is 4.85. The lowest BCUT2D eigenvalue weighted by molar-refractivity contribution is 0.0505. The average molecular weight is 379 g/mol. The summed E-state index contributed by atoms with van der Waals surface area (Å²) in [4.78, 5) is 11.8. The van der Waals surface area contributed by atoms with E-state index in [1.165, 1.54) is 56.7 Å². The SMILES string of the molecule is CCCOC(=O)c1ccc(NS(=O)(=O)c2ccc(OC)c(OC)c2)cc1. The molecule has 2 aromatic rings. The lowest BCUT2D eigenvalue weighted by Gasteiger charge is -2.12. The molecule has 2 rings (SSSR count). The van der Waals surface area contributed by atoms with Crippen LogP contribution in [0.25, 0.3) is 0 Å². The molecule has 0 fully saturated rings. The average Bonchev–Trinajstić information content (AvgIpc) is 2.65. The Bertz CT molecular complexity index is 862. The largest absolute Gasteiger partial charge is 0.493 e. The van der Waals surface area contributed by atoms with Gasteiger partial charge in [-0.25, -0.2) is 13.2 Å². The van der Waals surface area contributed by atoms with Gasteiger partial charge in [0.05, 0.1) is 31.3 Å². The first-order valence-corrected chi connectivity index (χ1v) is 9.41. The zero-order valence-corrected chi connectivity index (χ0v) is 15.6. The minimum absolute atomic E-state index is 0.0292. The summed E-state index contributed by atoms with van der Waals surface area (Å²) in [5, 5.41) is 0.